The molecule has 1 aliphatic carbocycles. The van der Waals surface area contributed by atoms with Crippen molar-refractivity contribution in [3.63, 3.8) is 0 Å². The molecule has 0 aromatic heterocycles. The zero-order valence-corrected chi connectivity index (χ0v) is 11.3. The Balaban J connectivity index is 1.71. The van der Waals surface area contributed by atoms with Crippen LogP contribution in [0.3, 0.4) is 0 Å². The highest BCUT2D eigenvalue weighted by Gasteiger charge is 2.20. The summed E-state index contributed by atoms with van der Waals surface area (Å²) in [6.07, 6.45) is 3.11. The molecule has 0 radical (unpaired) electrons. The Morgan fingerprint density at radius 1 is 1.26 bits per heavy atom. The standard InChI is InChI=1S/C15H21NO3/c1-11-2-4-12(5-3-11)16-15(18)10-19-14-8-6-13(17)7-9-14/h2-5,13-14,17H,6-10H2,1H3,(H,16,18). The van der Waals surface area contributed by atoms with E-state index in [1.165, 1.54) is 0 Å². The van der Waals surface area contributed by atoms with E-state index in [2.05, 4.69) is 5.32 Å². The molecule has 0 atom stereocenters. The fraction of sp³-hybridized carbons (Fsp3) is 0.533. The molecule has 2 rings (SSSR count). The molecular formula is C15H21NO3. The Hall–Kier alpha value is -1.39. The highest BCUT2D eigenvalue weighted by Crippen LogP contribution is 2.20. The van der Waals surface area contributed by atoms with E-state index in [1.807, 2.05) is 31.2 Å². The molecular weight excluding hydrogens is 242 g/mol. The molecule has 0 unspecified atom stereocenters. The van der Waals surface area contributed by atoms with Crippen LogP contribution in [0.25, 0.3) is 0 Å². The monoisotopic (exact) mass is 263 g/mol. The molecule has 0 bridgehead atoms. The van der Waals surface area contributed by atoms with Crippen molar-refractivity contribution in [2.75, 3.05) is 11.9 Å². The maximum Gasteiger partial charge on any atom is 0.250 e. The molecule has 0 heterocycles. The minimum absolute atomic E-state index is 0.0780. The Kier molecular flexibility index (Phi) is 4.93. The van der Waals surface area contributed by atoms with Crippen molar-refractivity contribution in [1.29, 1.82) is 0 Å². The topological polar surface area (TPSA) is 58.6 Å². The normalized spacial score (nSPS) is 23.1. The van der Waals surface area contributed by atoms with Crippen molar-refractivity contribution < 1.29 is 14.6 Å². The van der Waals surface area contributed by atoms with Gasteiger partial charge in [-0.25, -0.2) is 0 Å². The second-order valence-corrected chi connectivity index (χ2v) is 5.16. The van der Waals surface area contributed by atoms with Crippen LogP contribution in [0.2, 0.25) is 0 Å². The van der Waals surface area contributed by atoms with Crippen LogP contribution in [-0.4, -0.2) is 29.8 Å². The van der Waals surface area contributed by atoms with Gasteiger partial charge in [0.1, 0.15) is 6.61 Å². The number of ether oxygens (including phenoxy) is 1. The molecule has 1 saturated carbocycles. The zero-order chi connectivity index (χ0) is 13.7. The predicted octanol–water partition coefficient (Wildman–Crippen LogP) is 2.25. The lowest BCUT2D eigenvalue weighted by Gasteiger charge is -2.25. The molecule has 4 nitrogen and oxygen atoms in total. The van der Waals surface area contributed by atoms with Gasteiger partial charge in [0, 0.05) is 5.69 Å². The molecule has 1 aromatic carbocycles. The number of amides is 1. The first kappa shape index (κ1) is 14.0. The number of nitrogens with one attached hydrogen (secondary N) is 1. The number of benzene rings is 1. The van der Waals surface area contributed by atoms with Crippen LogP contribution in [0.1, 0.15) is 31.2 Å². The lowest BCUT2D eigenvalue weighted by molar-refractivity contribution is -0.123. The fourth-order valence-electron chi connectivity index (χ4n) is 2.24. The summed E-state index contributed by atoms with van der Waals surface area (Å²) in [6, 6.07) is 7.67. The van der Waals surface area contributed by atoms with E-state index in [4.69, 9.17) is 4.74 Å². The van der Waals surface area contributed by atoms with Gasteiger partial charge < -0.3 is 15.2 Å². The summed E-state index contributed by atoms with van der Waals surface area (Å²) in [7, 11) is 0. The van der Waals surface area contributed by atoms with Crippen LogP contribution in [0, 0.1) is 6.92 Å². The van der Waals surface area contributed by atoms with Crippen molar-refractivity contribution in [3.8, 4) is 0 Å². The van der Waals surface area contributed by atoms with Gasteiger partial charge in [-0.15, -0.1) is 0 Å². The van der Waals surface area contributed by atoms with Crippen molar-refractivity contribution >= 4 is 11.6 Å². The molecule has 104 valence electrons. The van der Waals surface area contributed by atoms with Gasteiger partial charge in [0.05, 0.1) is 12.2 Å². The van der Waals surface area contributed by atoms with E-state index in [-0.39, 0.29) is 24.7 Å². The Bertz CT molecular complexity index is 408. The highest BCUT2D eigenvalue weighted by molar-refractivity contribution is 5.91. The quantitative estimate of drug-likeness (QED) is 0.876. The van der Waals surface area contributed by atoms with Gasteiger partial charge in [-0.3, -0.25) is 4.79 Å². The van der Waals surface area contributed by atoms with Gasteiger partial charge in [-0.05, 0) is 44.7 Å². The van der Waals surface area contributed by atoms with Gasteiger partial charge in [0.2, 0.25) is 5.91 Å². The fourth-order valence-corrected chi connectivity index (χ4v) is 2.24. The molecule has 1 fully saturated rings. The van der Waals surface area contributed by atoms with Gasteiger partial charge in [-0.1, -0.05) is 17.7 Å². The number of hydrogen-bond donors (Lipinski definition) is 2. The second-order valence-electron chi connectivity index (χ2n) is 5.16. The lowest BCUT2D eigenvalue weighted by Crippen LogP contribution is -2.28. The van der Waals surface area contributed by atoms with Crippen LogP contribution in [0.4, 0.5) is 5.69 Å². The van der Waals surface area contributed by atoms with Crippen molar-refractivity contribution in [3.05, 3.63) is 29.8 Å². The summed E-state index contributed by atoms with van der Waals surface area (Å²) in [4.78, 5) is 11.7. The summed E-state index contributed by atoms with van der Waals surface area (Å²) < 4.78 is 5.57. The first-order valence-electron chi connectivity index (χ1n) is 6.79. The molecule has 4 heteroatoms. The van der Waals surface area contributed by atoms with Crippen LogP contribution in [0.5, 0.6) is 0 Å². The van der Waals surface area contributed by atoms with Gasteiger partial charge >= 0.3 is 0 Å². The number of aliphatic hydroxyl groups is 1. The third-order valence-corrected chi connectivity index (χ3v) is 3.43. The van der Waals surface area contributed by atoms with Crippen molar-refractivity contribution in [2.24, 2.45) is 0 Å². The molecule has 0 aliphatic heterocycles. The largest absolute Gasteiger partial charge is 0.393 e. The van der Waals surface area contributed by atoms with E-state index in [1.54, 1.807) is 0 Å². The Labute approximate surface area is 113 Å². The van der Waals surface area contributed by atoms with Gasteiger partial charge in [0.15, 0.2) is 0 Å². The summed E-state index contributed by atoms with van der Waals surface area (Å²) in [5.74, 6) is -0.130. The van der Waals surface area contributed by atoms with Crippen LogP contribution >= 0.6 is 0 Å². The summed E-state index contributed by atoms with van der Waals surface area (Å²) in [6.45, 7) is 2.08. The second kappa shape index (κ2) is 6.68. The number of aryl methyl sites for hydroxylation is 1. The van der Waals surface area contributed by atoms with Gasteiger partial charge in [-0.2, -0.15) is 0 Å². The minimum Gasteiger partial charge on any atom is -0.393 e. The number of carbonyl (C=O) groups is 1. The maximum atomic E-state index is 11.7. The number of hydrogen-bond acceptors (Lipinski definition) is 3. The average Bonchev–Trinajstić information content (AvgIpc) is 2.41. The summed E-state index contributed by atoms with van der Waals surface area (Å²) in [5.41, 5.74) is 1.95. The van der Waals surface area contributed by atoms with Crippen molar-refractivity contribution in [2.45, 2.75) is 44.8 Å². The van der Waals surface area contributed by atoms with E-state index < -0.39 is 0 Å². The van der Waals surface area contributed by atoms with Crippen LogP contribution in [0.15, 0.2) is 24.3 Å². The first-order chi connectivity index (χ1) is 9.13. The SMILES string of the molecule is Cc1ccc(NC(=O)COC2CCC(O)CC2)cc1. The van der Waals surface area contributed by atoms with Crippen LogP contribution in [-0.2, 0) is 9.53 Å². The highest BCUT2D eigenvalue weighted by atomic mass is 16.5. The Morgan fingerprint density at radius 2 is 1.89 bits per heavy atom. The molecule has 2 N–H and O–H groups in total. The van der Waals surface area contributed by atoms with E-state index in [9.17, 15) is 9.90 Å². The number of anilines is 1. The molecule has 1 aromatic rings. The molecule has 19 heavy (non-hydrogen) atoms. The van der Waals surface area contributed by atoms with Gasteiger partial charge in [0.25, 0.3) is 0 Å². The number of carbonyl (C=O) groups excluding carboxylic acids is 1. The minimum atomic E-state index is -0.193. The molecule has 1 amide bonds. The van der Waals surface area contributed by atoms with E-state index >= 15 is 0 Å². The Morgan fingerprint density at radius 3 is 2.53 bits per heavy atom. The first-order valence-corrected chi connectivity index (χ1v) is 6.79. The predicted molar refractivity (Wildman–Crippen MR) is 74.0 cm³/mol. The third kappa shape index (κ3) is 4.65. The molecule has 0 spiro atoms. The number of rotatable bonds is 4. The van der Waals surface area contributed by atoms with E-state index in [0.717, 1.165) is 36.9 Å². The van der Waals surface area contributed by atoms with Crippen LogP contribution < -0.4 is 5.32 Å². The molecule has 1 aliphatic rings. The maximum absolute atomic E-state index is 11.7. The van der Waals surface area contributed by atoms with Crippen molar-refractivity contribution in [1.82, 2.24) is 0 Å². The lowest BCUT2D eigenvalue weighted by atomic mass is 9.95. The molecule has 0 saturated heterocycles. The third-order valence-electron chi connectivity index (χ3n) is 3.43. The van der Waals surface area contributed by atoms with E-state index in [0.29, 0.717) is 0 Å². The zero-order valence-electron chi connectivity index (χ0n) is 11.3. The summed E-state index contributed by atoms with van der Waals surface area (Å²) >= 11 is 0. The number of aliphatic hydroxyl groups excluding tert-OH is 1. The average molecular weight is 263 g/mol. The summed E-state index contributed by atoms with van der Waals surface area (Å²) in [5, 5.41) is 12.2. The smallest absolute Gasteiger partial charge is 0.250 e.